The van der Waals surface area contributed by atoms with Gasteiger partial charge in [-0.2, -0.15) is 0 Å². The molecule has 2 atom stereocenters. The normalized spacial score (nSPS) is 20.9. The van der Waals surface area contributed by atoms with Gasteiger partial charge in [-0.15, -0.1) is 0 Å². The van der Waals surface area contributed by atoms with E-state index in [-0.39, 0.29) is 40.8 Å². The highest BCUT2D eigenvalue weighted by Crippen LogP contribution is 2.39. The zero-order valence-electron chi connectivity index (χ0n) is 18.3. The molecule has 2 fully saturated rings. The van der Waals surface area contributed by atoms with Gasteiger partial charge >= 0.3 is 0 Å². The number of imide groups is 1. The zero-order chi connectivity index (χ0) is 22.9. The van der Waals surface area contributed by atoms with Gasteiger partial charge in [0, 0.05) is 5.69 Å². The predicted molar refractivity (Wildman–Crippen MR) is 121 cm³/mol. The maximum Gasteiger partial charge on any atom is 0.265 e. The Kier molecular flexibility index (Phi) is 6.24. The molecule has 2 aliphatic rings. The van der Waals surface area contributed by atoms with E-state index in [9.17, 15) is 18.0 Å². The molecule has 1 aliphatic heterocycles. The molecule has 0 bridgehead atoms. The number of rotatable bonds is 7. The maximum atomic E-state index is 13.1. The van der Waals surface area contributed by atoms with Crippen LogP contribution in [0.5, 0.6) is 5.75 Å². The van der Waals surface area contributed by atoms with Gasteiger partial charge in [0.05, 0.1) is 25.5 Å². The van der Waals surface area contributed by atoms with E-state index in [0.29, 0.717) is 11.3 Å². The highest BCUT2D eigenvalue weighted by Gasteiger charge is 2.47. The fourth-order valence-electron chi connectivity index (χ4n) is 4.62. The molecule has 2 amide bonds. The van der Waals surface area contributed by atoms with E-state index < -0.39 is 10.0 Å². The van der Waals surface area contributed by atoms with Crippen LogP contribution in [0.25, 0.3) is 0 Å². The third-order valence-corrected chi connectivity index (χ3v) is 7.81. The number of anilines is 1. The van der Waals surface area contributed by atoms with Crippen LogP contribution in [-0.4, -0.2) is 32.2 Å². The standard InChI is InChI=1S/C24H28N2O5S/c1-3-16-8-11-18(12-9-16)25-32(29,30)22-14-17(10-13-21(22)31-2)15-26-23(27)19-6-4-5-7-20(19)24(26)28/h8-14,19-20,25H,3-7,15H2,1-2H3/t19-,20-/m1/s1. The fourth-order valence-corrected chi connectivity index (χ4v) is 5.90. The minimum Gasteiger partial charge on any atom is -0.495 e. The molecule has 4 rings (SSSR count). The summed E-state index contributed by atoms with van der Waals surface area (Å²) in [6, 6.07) is 11.9. The summed E-state index contributed by atoms with van der Waals surface area (Å²) in [5, 5.41) is 0. The molecule has 0 aromatic heterocycles. The van der Waals surface area contributed by atoms with Crippen molar-refractivity contribution in [2.24, 2.45) is 11.8 Å². The Hall–Kier alpha value is -2.87. The van der Waals surface area contributed by atoms with Gasteiger partial charge in [0.2, 0.25) is 11.8 Å². The summed E-state index contributed by atoms with van der Waals surface area (Å²) >= 11 is 0. The van der Waals surface area contributed by atoms with Crippen molar-refractivity contribution < 1.29 is 22.7 Å². The smallest absolute Gasteiger partial charge is 0.265 e. The van der Waals surface area contributed by atoms with E-state index in [2.05, 4.69) is 4.72 Å². The summed E-state index contributed by atoms with van der Waals surface area (Å²) in [5.41, 5.74) is 2.12. The van der Waals surface area contributed by atoms with Crippen molar-refractivity contribution in [3.8, 4) is 5.75 Å². The molecule has 7 nitrogen and oxygen atoms in total. The van der Waals surface area contributed by atoms with Gasteiger partial charge in [-0.05, 0) is 54.7 Å². The van der Waals surface area contributed by atoms with E-state index >= 15 is 0 Å². The van der Waals surface area contributed by atoms with E-state index in [0.717, 1.165) is 37.7 Å². The van der Waals surface area contributed by atoms with E-state index in [1.165, 1.54) is 18.1 Å². The molecule has 32 heavy (non-hydrogen) atoms. The van der Waals surface area contributed by atoms with Crippen molar-refractivity contribution in [1.82, 2.24) is 4.90 Å². The van der Waals surface area contributed by atoms with Gasteiger partial charge in [-0.3, -0.25) is 19.2 Å². The largest absolute Gasteiger partial charge is 0.495 e. The van der Waals surface area contributed by atoms with E-state index in [1.54, 1.807) is 24.3 Å². The molecule has 1 heterocycles. The first-order valence-corrected chi connectivity index (χ1v) is 12.5. The molecule has 0 spiro atoms. The topological polar surface area (TPSA) is 92.8 Å². The SMILES string of the molecule is CCc1ccc(NS(=O)(=O)c2cc(CN3C(=O)[C@@H]4CCCC[C@H]4C3=O)ccc2OC)cc1. The number of methoxy groups -OCH3 is 1. The number of aryl methyl sites for hydroxylation is 1. The van der Waals surface area contributed by atoms with Crippen LogP contribution in [0, 0.1) is 11.8 Å². The molecular weight excluding hydrogens is 428 g/mol. The van der Waals surface area contributed by atoms with Crippen molar-refractivity contribution >= 4 is 27.5 Å². The van der Waals surface area contributed by atoms with E-state index in [1.807, 2.05) is 19.1 Å². The first-order chi connectivity index (χ1) is 15.3. The Balaban J connectivity index is 1.59. The molecule has 1 N–H and O–H groups in total. The van der Waals surface area contributed by atoms with E-state index in [4.69, 9.17) is 4.74 Å². The average Bonchev–Trinajstić information content (AvgIpc) is 3.04. The Morgan fingerprint density at radius 3 is 2.12 bits per heavy atom. The number of hydrogen-bond donors (Lipinski definition) is 1. The first-order valence-electron chi connectivity index (χ1n) is 11.0. The minimum absolute atomic E-state index is 0.0337. The number of likely N-dealkylation sites (tertiary alicyclic amines) is 1. The van der Waals surface area contributed by atoms with Crippen LogP contribution < -0.4 is 9.46 Å². The third-order valence-electron chi connectivity index (χ3n) is 6.41. The van der Waals surface area contributed by atoms with Crippen LogP contribution in [-0.2, 0) is 32.6 Å². The molecule has 170 valence electrons. The molecule has 0 radical (unpaired) electrons. The fraction of sp³-hybridized carbons (Fsp3) is 0.417. The lowest BCUT2D eigenvalue weighted by molar-refractivity contribution is -0.140. The summed E-state index contributed by atoms with van der Waals surface area (Å²) < 4.78 is 34.1. The Morgan fingerprint density at radius 1 is 0.969 bits per heavy atom. The second-order valence-electron chi connectivity index (χ2n) is 8.40. The molecule has 2 aromatic rings. The van der Waals surface area contributed by atoms with Crippen LogP contribution in [0.1, 0.15) is 43.7 Å². The molecule has 2 aromatic carbocycles. The number of benzene rings is 2. The number of carbonyl (C=O) groups excluding carboxylic acids is 2. The lowest BCUT2D eigenvalue weighted by Gasteiger charge is -2.19. The number of nitrogens with one attached hydrogen (secondary N) is 1. The van der Waals surface area contributed by atoms with Crippen LogP contribution >= 0.6 is 0 Å². The number of carbonyl (C=O) groups is 2. The first kappa shape index (κ1) is 22.3. The molecule has 1 saturated carbocycles. The molecule has 8 heteroatoms. The number of hydrogen-bond acceptors (Lipinski definition) is 5. The summed E-state index contributed by atoms with van der Waals surface area (Å²) in [6.45, 7) is 2.09. The van der Waals surface area contributed by atoms with Gasteiger partial charge < -0.3 is 4.74 Å². The van der Waals surface area contributed by atoms with Gasteiger partial charge in [-0.25, -0.2) is 8.42 Å². The van der Waals surface area contributed by atoms with Gasteiger partial charge in [0.1, 0.15) is 10.6 Å². The summed E-state index contributed by atoms with van der Waals surface area (Å²) in [5.74, 6) is -0.557. The van der Waals surface area contributed by atoms with Crippen molar-refractivity contribution in [1.29, 1.82) is 0 Å². The Labute approximate surface area is 188 Å². The number of amides is 2. The van der Waals surface area contributed by atoms with Crippen LogP contribution in [0.15, 0.2) is 47.4 Å². The summed E-state index contributed by atoms with van der Waals surface area (Å²) in [6.07, 6.45) is 4.27. The second-order valence-corrected chi connectivity index (χ2v) is 10.1. The third kappa shape index (κ3) is 4.24. The monoisotopic (exact) mass is 456 g/mol. The highest BCUT2D eigenvalue weighted by atomic mass is 32.2. The Bertz CT molecular complexity index is 1100. The number of sulfonamides is 1. The number of nitrogens with zero attached hydrogens (tertiary/aromatic N) is 1. The molecule has 0 unspecified atom stereocenters. The van der Waals surface area contributed by atoms with Crippen LogP contribution in [0.4, 0.5) is 5.69 Å². The van der Waals surface area contributed by atoms with Crippen molar-refractivity contribution in [3.05, 3.63) is 53.6 Å². The van der Waals surface area contributed by atoms with Crippen molar-refractivity contribution in [2.45, 2.75) is 50.5 Å². The van der Waals surface area contributed by atoms with Gasteiger partial charge in [0.25, 0.3) is 10.0 Å². The summed E-state index contributed by atoms with van der Waals surface area (Å²) in [4.78, 5) is 26.9. The predicted octanol–water partition coefficient (Wildman–Crippen LogP) is 3.73. The maximum absolute atomic E-state index is 13.1. The number of ether oxygens (including phenoxy) is 1. The Morgan fingerprint density at radius 2 is 1.56 bits per heavy atom. The minimum atomic E-state index is -3.94. The van der Waals surface area contributed by atoms with Crippen LogP contribution in [0.2, 0.25) is 0 Å². The van der Waals surface area contributed by atoms with Crippen LogP contribution in [0.3, 0.4) is 0 Å². The lowest BCUT2D eigenvalue weighted by Crippen LogP contribution is -2.30. The average molecular weight is 457 g/mol. The highest BCUT2D eigenvalue weighted by molar-refractivity contribution is 7.92. The quantitative estimate of drug-likeness (QED) is 0.641. The lowest BCUT2D eigenvalue weighted by atomic mass is 9.81. The molecule has 1 saturated heterocycles. The van der Waals surface area contributed by atoms with Crippen molar-refractivity contribution in [2.75, 3.05) is 11.8 Å². The van der Waals surface area contributed by atoms with Gasteiger partial charge in [0.15, 0.2) is 0 Å². The molecule has 1 aliphatic carbocycles. The van der Waals surface area contributed by atoms with Crippen molar-refractivity contribution in [3.63, 3.8) is 0 Å². The second kappa shape index (κ2) is 8.94. The zero-order valence-corrected chi connectivity index (χ0v) is 19.2. The molecular formula is C24H28N2O5S. The number of fused-ring (bicyclic) bond motifs is 1. The van der Waals surface area contributed by atoms with Gasteiger partial charge in [-0.1, -0.05) is 38.0 Å². The summed E-state index contributed by atoms with van der Waals surface area (Å²) in [7, 11) is -2.54.